The summed E-state index contributed by atoms with van der Waals surface area (Å²) in [5.74, 6) is 0.771. The molecule has 0 aliphatic heterocycles. The van der Waals surface area contributed by atoms with Crippen LogP contribution in [0.5, 0.6) is 5.75 Å². The molecule has 0 aromatic heterocycles. The summed E-state index contributed by atoms with van der Waals surface area (Å²) in [4.78, 5) is 10.7. The number of aliphatic hydroxyl groups is 1. The third kappa shape index (κ3) is 7.76. The van der Waals surface area contributed by atoms with E-state index in [4.69, 9.17) is 14.3 Å². The summed E-state index contributed by atoms with van der Waals surface area (Å²) in [6, 6.07) is 6.98. The molecular formula is C19H33NO5Si. The maximum absolute atomic E-state index is 10.7. The molecule has 26 heavy (non-hydrogen) atoms. The zero-order valence-corrected chi connectivity index (χ0v) is 17.5. The van der Waals surface area contributed by atoms with Crippen molar-refractivity contribution in [3.63, 3.8) is 0 Å². The Kier molecular flexibility index (Phi) is 8.59. The number of nitrogens with one attached hydrogen (secondary N) is 1. The zero-order valence-electron chi connectivity index (χ0n) is 16.5. The number of hydrogen-bond donors (Lipinski definition) is 3. The van der Waals surface area contributed by atoms with E-state index in [0.29, 0.717) is 19.6 Å². The first kappa shape index (κ1) is 22.5. The number of carbonyl (C=O) groups is 1. The molecule has 0 saturated heterocycles. The van der Waals surface area contributed by atoms with E-state index in [1.54, 1.807) is 0 Å². The van der Waals surface area contributed by atoms with Gasteiger partial charge in [0.15, 0.2) is 8.32 Å². The van der Waals surface area contributed by atoms with Crippen LogP contribution in [0, 0.1) is 0 Å². The highest BCUT2D eigenvalue weighted by Gasteiger charge is 2.36. The van der Waals surface area contributed by atoms with E-state index in [1.807, 2.05) is 24.3 Å². The molecule has 7 heteroatoms. The van der Waals surface area contributed by atoms with Crippen LogP contribution in [0.15, 0.2) is 24.3 Å². The van der Waals surface area contributed by atoms with Crippen LogP contribution in [0.3, 0.4) is 0 Å². The zero-order chi connectivity index (χ0) is 19.8. The van der Waals surface area contributed by atoms with Crippen LogP contribution in [-0.4, -0.2) is 50.5 Å². The Morgan fingerprint density at radius 3 is 2.31 bits per heavy atom. The van der Waals surface area contributed by atoms with Gasteiger partial charge in [-0.25, -0.2) is 4.79 Å². The number of aliphatic hydroxyl groups excluding tert-OH is 1. The average Bonchev–Trinajstić information content (AvgIpc) is 2.53. The number of amides is 1. The van der Waals surface area contributed by atoms with Gasteiger partial charge in [-0.3, -0.25) is 0 Å². The van der Waals surface area contributed by atoms with Crippen molar-refractivity contribution >= 4 is 14.4 Å². The summed E-state index contributed by atoms with van der Waals surface area (Å²) in [6.45, 7) is 12.2. The van der Waals surface area contributed by atoms with E-state index >= 15 is 0 Å². The van der Waals surface area contributed by atoms with Crippen molar-refractivity contribution in [3.05, 3.63) is 29.8 Å². The summed E-state index contributed by atoms with van der Waals surface area (Å²) in [7, 11) is -1.70. The summed E-state index contributed by atoms with van der Waals surface area (Å²) < 4.78 is 11.9. The molecule has 0 bridgehead atoms. The smallest absolute Gasteiger partial charge is 0.404 e. The monoisotopic (exact) mass is 383 g/mol. The Morgan fingerprint density at radius 2 is 1.81 bits per heavy atom. The molecule has 0 spiro atoms. The fourth-order valence-electron chi connectivity index (χ4n) is 2.13. The molecule has 0 aliphatic rings. The molecule has 1 rings (SSSR count). The van der Waals surface area contributed by atoms with Crippen molar-refractivity contribution in [3.8, 4) is 5.75 Å². The second-order valence-electron chi connectivity index (χ2n) is 7.99. The minimum Gasteiger partial charge on any atom is -0.494 e. The molecule has 1 atom stereocenters. The van der Waals surface area contributed by atoms with Crippen molar-refractivity contribution in [2.45, 2.75) is 57.8 Å². The van der Waals surface area contributed by atoms with E-state index in [2.05, 4.69) is 39.2 Å². The predicted molar refractivity (Wildman–Crippen MR) is 105 cm³/mol. The van der Waals surface area contributed by atoms with Crippen molar-refractivity contribution in [2.24, 2.45) is 0 Å². The van der Waals surface area contributed by atoms with Crippen molar-refractivity contribution in [1.82, 2.24) is 5.32 Å². The Labute approximate surface area is 157 Å². The van der Waals surface area contributed by atoms with Gasteiger partial charge in [-0.05, 0) is 42.2 Å². The SMILES string of the molecule is CC(C)(C)[Si](C)(C)OCCCOc1ccc(CC(CO)NC(=O)O)cc1. The summed E-state index contributed by atoms with van der Waals surface area (Å²) in [6.07, 6.45) is 0.135. The van der Waals surface area contributed by atoms with Crippen LogP contribution < -0.4 is 10.1 Å². The Bertz CT molecular complexity index is 554. The lowest BCUT2D eigenvalue weighted by Crippen LogP contribution is -2.41. The van der Waals surface area contributed by atoms with Crippen LogP contribution in [-0.2, 0) is 10.8 Å². The largest absolute Gasteiger partial charge is 0.494 e. The van der Waals surface area contributed by atoms with Crippen LogP contribution >= 0.6 is 0 Å². The normalized spacial score (nSPS) is 13.3. The molecule has 1 aromatic rings. The van der Waals surface area contributed by atoms with Crippen LogP contribution in [0.25, 0.3) is 0 Å². The van der Waals surface area contributed by atoms with Crippen molar-refractivity contribution in [1.29, 1.82) is 0 Å². The molecule has 0 fully saturated rings. The number of ether oxygens (including phenoxy) is 1. The van der Waals surface area contributed by atoms with Gasteiger partial charge in [-0.2, -0.15) is 0 Å². The molecule has 3 N–H and O–H groups in total. The molecule has 0 heterocycles. The predicted octanol–water partition coefficient (Wildman–Crippen LogP) is 3.65. The lowest BCUT2D eigenvalue weighted by molar-refractivity contribution is 0.177. The number of hydrogen-bond acceptors (Lipinski definition) is 4. The van der Waals surface area contributed by atoms with E-state index in [-0.39, 0.29) is 11.6 Å². The van der Waals surface area contributed by atoms with E-state index < -0.39 is 20.5 Å². The molecule has 0 radical (unpaired) electrons. The minimum absolute atomic E-state index is 0.214. The van der Waals surface area contributed by atoms with Gasteiger partial charge in [0.05, 0.1) is 19.3 Å². The van der Waals surface area contributed by atoms with Gasteiger partial charge >= 0.3 is 6.09 Å². The maximum Gasteiger partial charge on any atom is 0.404 e. The summed E-state index contributed by atoms with van der Waals surface area (Å²) in [5.41, 5.74) is 0.936. The van der Waals surface area contributed by atoms with Crippen LogP contribution in [0.4, 0.5) is 4.79 Å². The fraction of sp³-hybridized carbons (Fsp3) is 0.632. The molecule has 0 aliphatic carbocycles. The quantitative estimate of drug-likeness (QED) is 0.424. The van der Waals surface area contributed by atoms with Gasteiger partial charge in [0.25, 0.3) is 0 Å². The van der Waals surface area contributed by atoms with Gasteiger partial charge in [-0.1, -0.05) is 32.9 Å². The molecule has 1 amide bonds. The molecule has 1 unspecified atom stereocenters. The van der Waals surface area contributed by atoms with Crippen molar-refractivity contribution in [2.75, 3.05) is 19.8 Å². The fourth-order valence-corrected chi connectivity index (χ4v) is 3.22. The maximum atomic E-state index is 10.7. The first-order valence-corrected chi connectivity index (χ1v) is 11.9. The van der Waals surface area contributed by atoms with Gasteiger partial charge in [0, 0.05) is 13.0 Å². The molecule has 1 aromatic carbocycles. The Hall–Kier alpha value is -1.57. The first-order valence-electron chi connectivity index (χ1n) is 9.01. The molecule has 0 saturated carbocycles. The highest BCUT2D eigenvalue weighted by molar-refractivity contribution is 6.74. The second kappa shape index (κ2) is 9.94. The van der Waals surface area contributed by atoms with E-state index in [0.717, 1.165) is 17.7 Å². The van der Waals surface area contributed by atoms with Gasteiger partial charge in [0.2, 0.25) is 0 Å². The average molecular weight is 384 g/mol. The third-order valence-corrected chi connectivity index (χ3v) is 9.32. The number of carboxylic acid groups (broad SMARTS) is 1. The Morgan fingerprint density at radius 1 is 1.19 bits per heavy atom. The van der Waals surface area contributed by atoms with Gasteiger partial charge in [-0.15, -0.1) is 0 Å². The molecule has 6 nitrogen and oxygen atoms in total. The standard InChI is InChI=1S/C19H33NO5Si/c1-19(2,3)26(4,5)25-12-6-11-24-17-9-7-15(8-10-17)13-16(14-21)20-18(22)23/h7-10,16,20-21H,6,11-14H2,1-5H3,(H,22,23). The minimum atomic E-state index is -1.70. The van der Waals surface area contributed by atoms with E-state index in [1.165, 1.54) is 0 Å². The Balaban J connectivity index is 2.36. The summed E-state index contributed by atoms with van der Waals surface area (Å²) >= 11 is 0. The van der Waals surface area contributed by atoms with Crippen LogP contribution in [0.2, 0.25) is 18.1 Å². The molecular weight excluding hydrogens is 350 g/mol. The highest BCUT2D eigenvalue weighted by Crippen LogP contribution is 2.36. The highest BCUT2D eigenvalue weighted by atomic mass is 28.4. The van der Waals surface area contributed by atoms with Gasteiger partial charge < -0.3 is 24.7 Å². The number of benzene rings is 1. The topological polar surface area (TPSA) is 88.0 Å². The lowest BCUT2D eigenvalue weighted by atomic mass is 10.1. The van der Waals surface area contributed by atoms with Crippen LogP contribution in [0.1, 0.15) is 32.8 Å². The first-order chi connectivity index (χ1) is 12.0. The van der Waals surface area contributed by atoms with E-state index in [9.17, 15) is 9.90 Å². The lowest BCUT2D eigenvalue weighted by Gasteiger charge is -2.36. The number of rotatable bonds is 10. The third-order valence-electron chi connectivity index (χ3n) is 4.78. The summed E-state index contributed by atoms with van der Waals surface area (Å²) in [5, 5.41) is 20.4. The molecule has 148 valence electrons. The van der Waals surface area contributed by atoms with Gasteiger partial charge in [0.1, 0.15) is 5.75 Å². The second-order valence-corrected chi connectivity index (χ2v) is 12.8. The van der Waals surface area contributed by atoms with Crippen molar-refractivity contribution < 1.29 is 24.2 Å².